The molecule has 0 aliphatic carbocycles. The Balaban J connectivity index is 1.51. The maximum Gasteiger partial charge on any atom is 0.276 e. The SMILES string of the molecule is Clc1ccc(OCc2nnc(-c3nc4ccccc4s3)o2)cc1Cl. The summed E-state index contributed by atoms with van der Waals surface area (Å²) in [6.07, 6.45) is 0. The van der Waals surface area contributed by atoms with Crippen molar-refractivity contribution < 1.29 is 9.15 Å². The fraction of sp³-hybridized carbons (Fsp3) is 0.0625. The average Bonchev–Trinajstić information content (AvgIpc) is 3.22. The molecule has 0 spiro atoms. The van der Waals surface area contributed by atoms with Crippen molar-refractivity contribution in [1.29, 1.82) is 0 Å². The number of ether oxygens (including phenoxy) is 1. The number of hydrogen-bond donors (Lipinski definition) is 0. The first-order valence-corrected chi connectivity index (χ1v) is 8.52. The van der Waals surface area contributed by atoms with Gasteiger partial charge in [0.05, 0.1) is 20.3 Å². The summed E-state index contributed by atoms with van der Waals surface area (Å²) in [6, 6.07) is 12.9. The van der Waals surface area contributed by atoms with E-state index < -0.39 is 0 Å². The van der Waals surface area contributed by atoms with Crippen molar-refractivity contribution in [3.8, 4) is 16.6 Å². The normalized spacial score (nSPS) is 11.1. The summed E-state index contributed by atoms with van der Waals surface area (Å²) in [5, 5.41) is 9.60. The first-order valence-electron chi connectivity index (χ1n) is 6.95. The zero-order valence-corrected chi connectivity index (χ0v) is 14.4. The molecule has 2 aromatic heterocycles. The number of thiazole rings is 1. The minimum Gasteiger partial charge on any atom is -0.484 e. The lowest BCUT2D eigenvalue weighted by Gasteiger charge is -2.04. The zero-order chi connectivity index (χ0) is 16.5. The van der Waals surface area contributed by atoms with Gasteiger partial charge < -0.3 is 9.15 Å². The van der Waals surface area contributed by atoms with Crippen LogP contribution in [0, 0.1) is 0 Å². The Hall–Kier alpha value is -2.15. The summed E-state index contributed by atoms with van der Waals surface area (Å²) in [4.78, 5) is 4.49. The van der Waals surface area contributed by atoms with Crippen molar-refractivity contribution >= 4 is 44.8 Å². The lowest BCUT2D eigenvalue weighted by atomic mass is 10.3. The van der Waals surface area contributed by atoms with Crippen LogP contribution in [-0.2, 0) is 6.61 Å². The molecule has 0 N–H and O–H groups in total. The number of fused-ring (bicyclic) bond motifs is 1. The minimum atomic E-state index is 0.135. The highest BCUT2D eigenvalue weighted by Crippen LogP contribution is 2.30. The van der Waals surface area contributed by atoms with Crippen LogP contribution >= 0.6 is 34.5 Å². The van der Waals surface area contributed by atoms with Crippen LogP contribution in [0.25, 0.3) is 21.1 Å². The molecular formula is C16H9Cl2N3O2S. The number of aromatic nitrogens is 3. The molecule has 0 radical (unpaired) electrons. The topological polar surface area (TPSA) is 61.0 Å². The van der Waals surface area contributed by atoms with E-state index in [1.165, 1.54) is 11.3 Å². The molecule has 0 fully saturated rings. The highest BCUT2D eigenvalue weighted by Gasteiger charge is 2.14. The van der Waals surface area contributed by atoms with E-state index in [1.54, 1.807) is 18.2 Å². The van der Waals surface area contributed by atoms with Gasteiger partial charge in [0, 0.05) is 6.07 Å². The maximum atomic E-state index is 5.95. The van der Waals surface area contributed by atoms with E-state index in [0.29, 0.717) is 32.6 Å². The summed E-state index contributed by atoms with van der Waals surface area (Å²) >= 11 is 13.3. The van der Waals surface area contributed by atoms with Gasteiger partial charge in [0.25, 0.3) is 11.8 Å². The minimum absolute atomic E-state index is 0.135. The molecule has 4 aromatic rings. The Morgan fingerprint density at radius 2 is 1.92 bits per heavy atom. The number of nitrogens with zero attached hydrogens (tertiary/aromatic N) is 3. The largest absolute Gasteiger partial charge is 0.484 e. The Morgan fingerprint density at radius 3 is 2.75 bits per heavy atom. The highest BCUT2D eigenvalue weighted by molar-refractivity contribution is 7.21. The van der Waals surface area contributed by atoms with E-state index in [1.807, 2.05) is 24.3 Å². The third-order valence-corrected chi connectivity index (χ3v) is 4.96. The van der Waals surface area contributed by atoms with E-state index >= 15 is 0 Å². The second-order valence-electron chi connectivity index (χ2n) is 4.85. The van der Waals surface area contributed by atoms with Crippen LogP contribution < -0.4 is 4.74 Å². The molecule has 0 saturated carbocycles. The van der Waals surface area contributed by atoms with E-state index in [2.05, 4.69) is 15.2 Å². The second-order valence-corrected chi connectivity index (χ2v) is 6.70. The van der Waals surface area contributed by atoms with Crippen LogP contribution in [0.3, 0.4) is 0 Å². The average molecular weight is 378 g/mol. The van der Waals surface area contributed by atoms with Gasteiger partial charge in [0.15, 0.2) is 11.6 Å². The summed E-state index contributed by atoms with van der Waals surface area (Å²) in [5.74, 6) is 1.31. The van der Waals surface area contributed by atoms with E-state index in [9.17, 15) is 0 Å². The molecule has 2 heterocycles. The maximum absolute atomic E-state index is 5.95. The van der Waals surface area contributed by atoms with Crippen LogP contribution in [0.4, 0.5) is 0 Å². The molecule has 4 rings (SSSR count). The van der Waals surface area contributed by atoms with Crippen LogP contribution in [0.5, 0.6) is 5.75 Å². The van der Waals surface area contributed by atoms with Gasteiger partial charge in [-0.1, -0.05) is 35.3 Å². The first-order chi connectivity index (χ1) is 11.7. The molecular weight excluding hydrogens is 369 g/mol. The van der Waals surface area contributed by atoms with Crippen molar-refractivity contribution in [3.05, 3.63) is 58.4 Å². The van der Waals surface area contributed by atoms with Crippen molar-refractivity contribution in [3.63, 3.8) is 0 Å². The number of rotatable bonds is 4. The molecule has 0 saturated heterocycles. The standard InChI is InChI=1S/C16H9Cl2N3O2S/c17-10-6-5-9(7-11(10)18)22-8-14-20-21-15(23-14)16-19-12-3-1-2-4-13(12)24-16/h1-7H,8H2. The Labute approximate surface area is 150 Å². The van der Waals surface area contributed by atoms with Crippen molar-refractivity contribution in [2.45, 2.75) is 6.61 Å². The van der Waals surface area contributed by atoms with E-state index in [0.717, 1.165) is 10.2 Å². The molecule has 8 heteroatoms. The molecule has 0 amide bonds. The predicted molar refractivity (Wildman–Crippen MR) is 93.7 cm³/mol. The molecule has 0 unspecified atom stereocenters. The van der Waals surface area contributed by atoms with Crippen molar-refractivity contribution in [1.82, 2.24) is 15.2 Å². The summed E-state index contributed by atoms with van der Waals surface area (Å²) in [5.41, 5.74) is 0.907. The number of benzene rings is 2. The fourth-order valence-corrected chi connectivity index (χ4v) is 3.25. The molecule has 0 aliphatic heterocycles. The molecule has 0 bridgehead atoms. The molecule has 5 nitrogen and oxygen atoms in total. The second kappa shape index (κ2) is 6.39. The summed E-state index contributed by atoms with van der Waals surface area (Å²) in [7, 11) is 0. The van der Waals surface area contributed by atoms with Gasteiger partial charge in [0.1, 0.15) is 5.75 Å². The summed E-state index contributed by atoms with van der Waals surface area (Å²) < 4.78 is 12.3. The van der Waals surface area contributed by atoms with Gasteiger partial charge in [-0.2, -0.15) is 0 Å². The lowest BCUT2D eigenvalue weighted by molar-refractivity contribution is 0.264. The van der Waals surface area contributed by atoms with E-state index in [-0.39, 0.29) is 6.61 Å². The van der Waals surface area contributed by atoms with Gasteiger partial charge in [-0.3, -0.25) is 0 Å². The number of hydrogen-bond acceptors (Lipinski definition) is 6. The van der Waals surface area contributed by atoms with E-state index in [4.69, 9.17) is 32.4 Å². The predicted octanol–water partition coefficient (Wildman–Crippen LogP) is 5.23. The Bertz CT molecular complexity index is 982. The van der Waals surface area contributed by atoms with Crippen LogP contribution in [0.15, 0.2) is 46.9 Å². The molecule has 0 atom stereocenters. The first kappa shape index (κ1) is 15.4. The van der Waals surface area contributed by atoms with Crippen molar-refractivity contribution in [2.24, 2.45) is 0 Å². The molecule has 120 valence electrons. The smallest absolute Gasteiger partial charge is 0.276 e. The quantitative estimate of drug-likeness (QED) is 0.487. The van der Waals surface area contributed by atoms with Crippen LogP contribution in [0.1, 0.15) is 5.89 Å². The third kappa shape index (κ3) is 3.08. The number of para-hydroxylation sites is 1. The fourth-order valence-electron chi connectivity index (χ4n) is 2.07. The zero-order valence-electron chi connectivity index (χ0n) is 12.1. The Kier molecular flexibility index (Phi) is 4.10. The van der Waals surface area contributed by atoms with Gasteiger partial charge in [-0.15, -0.1) is 21.5 Å². The molecule has 24 heavy (non-hydrogen) atoms. The molecule has 0 aliphatic rings. The van der Waals surface area contributed by atoms with Gasteiger partial charge in [0.2, 0.25) is 0 Å². The Morgan fingerprint density at radius 1 is 1.04 bits per heavy atom. The monoisotopic (exact) mass is 377 g/mol. The summed E-state index contributed by atoms with van der Waals surface area (Å²) in [6.45, 7) is 0.135. The van der Waals surface area contributed by atoms with Gasteiger partial charge >= 0.3 is 0 Å². The van der Waals surface area contributed by atoms with Crippen LogP contribution in [0.2, 0.25) is 10.0 Å². The highest BCUT2D eigenvalue weighted by atomic mass is 35.5. The van der Waals surface area contributed by atoms with Crippen molar-refractivity contribution in [2.75, 3.05) is 0 Å². The molecule has 2 aromatic carbocycles. The van der Waals surface area contributed by atoms with Gasteiger partial charge in [-0.05, 0) is 24.3 Å². The number of halogens is 2. The lowest BCUT2D eigenvalue weighted by Crippen LogP contribution is -1.95. The van der Waals surface area contributed by atoms with Crippen LogP contribution in [-0.4, -0.2) is 15.2 Å². The van der Waals surface area contributed by atoms with Gasteiger partial charge in [-0.25, -0.2) is 4.98 Å². The third-order valence-electron chi connectivity index (χ3n) is 3.20.